The minimum absolute atomic E-state index is 0.0137. The van der Waals surface area contributed by atoms with E-state index in [0.717, 1.165) is 10.0 Å². The summed E-state index contributed by atoms with van der Waals surface area (Å²) in [5, 5.41) is 9.05. The molecule has 1 N–H and O–H groups in total. The number of rotatable bonds is 5. The SMILES string of the molecule is Cc1cc(Br)cc(Br)c1OCC(=O)Oc1ccccc1C(=O)O. The molecule has 0 unspecified atom stereocenters. The molecule has 0 aliphatic carbocycles. The zero-order valence-corrected chi connectivity index (χ0v) is 15.2. The van der Waals surface area contributed by atoms with Crippen molar-refractivity contribution in [3.63, 3.8) is 0 Å². The molecule has 7 heteroatoms. The lowest BCUT2D eigenvalue weighted by Gasteiger charge is -2.12. The Hall–Kier alpha value is -1.86. The van der Waals surface area contributed by atoms with Crippen molar-refractivity contribution in [2.75, 3.05) is 6.61 Å². The maximum atomic E-state index is 11.9. The maximum absolute atomic E-state index is 11.9. The first-order valence-corrected chi connectivity index (χ1v) is 8.08. The van der Waals surface area contributed by atoms with E-state index in [9.17, 15) is 9.59 Å². The fourth-order valence-corrected chi connectivity index (χ4v) is 3.44. The maximum Gasteiger partial charge on any atom is 0.349 e. The Morgan fingerprint density at radius 1 is 1.17 bits per heavy atom. The van der Waals surface area contributed by atoms with Gasteiger partial charge in [0.2, 0.25) is 0 Å². The first-order valence-electron chi connectivity index (χ1n) is 6.50. The van der Waals surface area contributed by atoms with Crippen LogP contribution in [0.2, 0.25) is 0 Å². The minimum atomic E-state index is -1.17. The lowest BCUT2D eigenvalue weighted by molar-refractivity contribution is -0.136. The molecule has 0 bridgehead atoms. The van der Waals surface area contributed by atoms with Gasteiger partial charge in [0.15, 0.2) is 6.61 Å². The summed E-state index contributed by atoms with van der Waals surface area (Å²) >= 11 is 6.72. The summed E-state index contributed by atoms with van der Waals surface area (Å²) in [6.07, 6.45) is 0. The Kier molecular flexibility index (Phi) is 5.79. The van der Waals surface area contributed by atoms with Crippen LogP contribution in [-0.4, -0.2) is 23.7 Å². The van der Waals surface area contributed by atoms with Crippen LogP contribution in [0.25, 0.3) is 0 Å². The van der Waals surface area contributed by atoms with Crippen LogP contribution in [0.5, 0.6) is 11.5 Å². The molecule has 5 nitrogen and oxygen atoms in total. The van der Waals surface area contributed by atoms with E-state index in [1.807, 2.05) is 13.0 Å². The highest BCUT2D eigenvalue weighted by molar-refractivity contribution is 9.11. The van der Waals surface area contributed by atoms with E-state index >= 15 is 0 Å². The largest absolute Gasteiger partial charge is 0.480 e. The average Bonchev–Trinajstić information content (AvgIpc) is 2.46. The summed E-state index contributed by atoms with van der Waals surface area (Å²) < 4.78 is 12.1. The monoisotopic (exact) mass is 442 g/mol. The number of aryl methyl sites for hydroxylation is 1. The van der Waals surface area contributed by atoms with Crippen LogP contribution in [0.3, 0.4) is 0 Å². The second-order valence-electron chi connectivity index (χ2n) is 4.60. The predicted molar refractivity (Wildman–Crippen MR) is 91.1 cm³/mol. The summed E-state index contributed by atoms with van der Waals surface area (Å²) in [4.78, 5) is 23.0. The van der Waals surface area contributed by atoms with Crippen molar-refractivity contribution in [2.45, 2.75) is 6.92 Å². The Balaban J connectivity index is 2.06. The Morgan fingerprint density at radius 2 is 1.87 bits per heavy atom. The van der Waals surface area contributed by atoms with Crippen molar-refractivity contribution in [3.05, 3.63) is 56.5 Å². The number of para-hydroxylation sites is 1. The van der Waals surface area contributed by atoms with Gasteiger partial charge in [-0.2, -0.15) is 0 Å². The number of esters is 1. The average molecular weight is 444 g/mol. The third-order valence-electron chi connectivity index (χ3n) is 2.87. The number of ether oxygens (including phenoxy) is 2. The van der Waals surface area contributed by atoms with Crippen LogP contribution in [-0.2, 0) is 4.79 Å². The van der Waals surface area contributed by atoms with Gasteiger partial charge in [0, 0.05) is 4.47 Å². The number of carboxylic acid groups (broad SMARTS) is 1. The molecular weight excluding hydrogens is 432 g/mol. The van der Waals surface area contributed by atoms with E-state index < -0.39 is 11.9 Å². The lowest BCUT2D eigenvalue weighted by Crippen LogP contribution is -2.19. The molecule has 0 radical (unpaired) electrons. The number of hydrogen-bond donors (Lipinski definition) is 1. The van der Waals surface area contributed by atoms with Gasteiger partial charge in [-0.05, 0) is 52.7 Å². The first kappa shape index (κ1) is 17.5. The summed E-state index contributed by atoms with van der Waals surface area (Å²) in [5.41, 5.74) is 0.756. The van der Waals surface area contributed by atoms with Crippen LogP contribution < -0.4 is 9.47 Å². The molecule has 0 aliphatic heterocycles. The zero-order chi connectivity index (χ0) is 17.0. The van der Waals surface area contributed by atoms with Crippen molar-refractivity contribution >= 4 is 43.8 Å². The van der Waals surface area contributed by atoms with Gasteiger partial charge >= 0.3 is 11.9 Å². The molecule has 23 heavy (non-hydrogen) atoms. The number of aromatic carboxylic acids is 1. The summed E-state index contributed by atoms with van der Waals surface area (Å²) in [5.74, 6) is -1.34. The molecule has 0 aliphatic rings. The number of carboxylic acids is 1. The van der Waals surface area contributed by atoms with Crippen LogP contribution in [0.1, 0.15) is 15.9 Å². The van der Waals surface area contributed by atoms with Gasteiger partial charge < -0.3 is 14.6 Å². The topological polar surface area (TPSA) is 72.8 Å². The Bertz CT molecular complexity index is 735. The smallest absolute Gasteiger partial charge is 0.349 e. The molecule has 2 rings (SSSR count). The van der Waals surface area contributed by atoms with Crippen LogP contribution in [0, 0.1) is 6.92 Å². The van der Waals surface area contributed by atoms with Crippen molar-refractivity contribution in [1.29, 1.82) is 0 Å². The molecular formula is C16H12Br2O5. The normalized spacial score (nSPS) is 10.2. The van der Waals surface area contributed by atoms with E-state index in [2.05, 4.69) is 31.9 Å². The molecule has 0 fully saturated rings. The van der Waals surface area contributed by atoms with E-state index in [4.69, 9.17) is 14.6 Å². The molecule has 0 heterocycles. The van der Waals surface area contributed by atoms with Crippen LogP contribution in [0.4, 0.5) is 0 Å². The Labute approximate surface area is 149 Å². The third-order valence-corrected chi connectivity index (χ3v) is 3.92. The van der Waals surface area contributed by atoms with Gasteiger partial charge in [-0.15, -0.1) is 0 Å². The number of halogens is 2. The standard InChI is InChI=1S/C16H12Br2O5/c1-9-6-10(17)7-12(18)15(9)22-8-14(19)23-13-5-3-2-4-11(13)16(20)21/h2-7H,8H2,1H3,(H,20,21). The van der Waals surface area contributed by atoms with Crippen LogP contribution >= 0.6 is 31.9 Å². The van der Waals surface area contributed by atoms with E-state index in [-0.39, 0.29) is 17.9 Å². The van der Waals surface area contributed by atoms with Crippen molar-refractivity contribution in [1.82, 2.24) is 0 Å². The van der Waals surface area contributed by atoms with Gasteiger partial charge in [-0.1, -0.05) is 28.1 Å². The number of carbonyl (C=O) groups excluding carboxylic acids is 1. The highest BCUT2D eigenvalue weighted by Crippen LogP contribution is 2.32. The van der Waals surface area contributed by atoms with E-state index in [0.29, 0.717) is 10.2 Å². The molecule has 0 saturated carbocycles. The first-order chi connectivity index (χ1) is 10.9. The predicted octanol–water partition coefficient (Wildman–Crippen LogP) is 4.20. The fraction of sp³-hybridized carbons (Fsp3) is 0.125. The molecule has 0 spiro atoms. The number of hydrogen-bond acceptors (Lipinski definition) is 4. The number of benzene rings is 2. The third kappa shape index (κ3) is 4.56. The summed E-state index contributed by atoms with van der Waals surface area (Å²) in [6, 6.07) is 9.58. The zero-order valence-electron chi connectivity index (χ0n) is 12.0. The fourth-order valence-electron chi connectivity index (χ4n) is 1.89. The molecule has 0 saturated heterocycles. The van der Waals surface area contributed by atoms with Gasteiger partial charge in [-0.3, -0.25) is 0 Å². The lowest BCUT2D eigenvalue weighted by atomic mass is 10.2. The molecule has 0 amide bonds. The second-order valence-corrected chi connectivity index (χ2v) is 6.37. The molecule has 120 valence electrons. The van der Waals surface area contributed by atoms with E-state index in [1.165, 1.54) is 12.1 Å². The number of carbonyl (C=O) groups is 2. The minimum Gasteiger partial charge on any atom is -0.480 e. The summed E-state index contributed by atoms with van der Waals surface area (Å²) in [6.45, 7) is 1.50. The van der Waals surface area contributed by atoms with E-state index in [1.54, 1.807) is 18.2 Å². The Morgan fingerprint density at radius 3 is 2.52 bits per heavy atom. The van der Waals surface area contributed by atoms with Crippen molar-refractivity contribution in [3.8, 4) is 11.5 Å². The van der Waals surface area contributed by atoms with Gasteiger partial charge in [0.25, 0.3) is 0 Å². The quantitative estimate of drug-likeness (QED) is 0.553. The van der Waals surface area contributed by atoms with Crippen LogP contribution in [0.15, 0.2) is 45.3 Å². The summed E-state index contributed by atoms with van der Waals surface area (Å²) in [7, 11) is 0. The van der Waals surface area contributed by atoms with Gasteiger partial charge in [0.1, 0.15) is 17.1 Å². The van der Waals surface area contributed by atoms with Gasteiger partial charge in [0.05, 0.1) is 4.47 Å². The molecule has 0 atom stereocenters. The van der Waals surface area contributed by atoms with Gasteiger partial charge in [-0.25, -0.2) is 9.59 Å². The van der Waals surface area contributed by atoms with Crippen molar-refractivity contribution < 1.29 is 24.2 Å². The highest BCUT2D eigenvalue weighted by atomic mass is 79.9. The molecule has 0 aromatic heterocycles. The molecule has 2 aromatic carbocycles. The highest BCUT2D eigenvalue weighted by Gasteiger charge is 2.15. The second kappa shape index (κ2) is 7.61. The van der Waals surface area contributed by atoms with Crippen molar-refractivity contribution in [2.24, 2.45) is 0 Å². The molecule has 2 aromatic rings.